The van der Waals surface area contributed by atoms with E-state index in [0.29, 0.717) is 19.0 Å². The fraction of sp³-hybridized carbons (Fsp3) is 0.846. The molecule has 1 saturated heterocycles. The van der Waals surface area contributed by atoms with E-state index in [0.717, 1.165) is 25.9 Å². The van der Waals surface area contributed by atoms with E-state index in [1.54, 1.807) is 0 Å². The van der Waals surface area contributed by atoms with Crippen LogP contribution in [0.15, 0.2) is 0 Å². The summed E-state index contributed by atoms with van der Waals surface area (Å²) in [5, 5.41) is 11.9. The van der Waals surface area contributed by atoms with E-state index >= 15 is 0 Å². The monoisotopic (exact) mass is 290 g/mol. The minimum absolute atomic E-state index is 0. The van der Waals surface area contributed by atoms with Gasteiger partial charge in [0.2, 0.25) is 5.91 Å². The number of nitrogens with one attached hydrogen (secondary N) is 1. The van der Waals surface area contributed by atoms with Crippen molar-refractivity contribution in [1.82, 2.24) is 10.2 Å². The van der Waals surface area contributed by atoms with Crippen molar-refractivity contribution in [2.75, 3.05) is 26.2 Å². The molecule has 1 atom stereocenters. The number of carboxylic acids is 1. The van der Waals surface area contributed by atoms with Gasteiger partial charge in [0.1, 0.15) is 0 Å². The lowest BCUT2D eigenvalue weighted by Crippen LogP contribution is -2.45. The van der Waals surface area contributed by atoms with Crippen molar-refractivity contribution in [1.29, 1.82) is 0 Å². The van der Waals surface area contributed by atoms with Gasteiger partial charge in [-0.05, 0) is 38.1 Å². The van der Waals surface area contributed by atoms with Crippen LogP contribution in [0.5, 0.6) is 0 Å². The van der Waals surface area contributed by atoms with Crippen LogP contribution in [0.25, 0.3) is 0 Å². The van der Waals surface area contributed by atoms with Gasteiger partial charge in [0, 0.05) is 13.1 Å². The summed E-state index contributed by atoms with van der Waals surface area (Å²) in [5.41, 5.74) is 0. The number of aliphatic carboxylic acids is 1. The molecule has 0 spiro atoms. The molecule has 2 rings (SSSR count). The van der Waals surface area contributed by atoms with E-state index in [4.69, 9.17) is 5.11 Å². The van der Waals surface area contributed by atoms with Crippen molar-refractivity contribution in [3.8, 4) is 0 Å². The Kier molecular flexibility index (Phi) is 6.58. The zero-order valence-corrected chi connectivity index (χ0v) is 12.0. The summed E-state index contributed by atoms with van der Waals surface area (Å²) in [7, 11) is 0. The molecule has 1 amide bonds. The highest BCUT2D eigenvalue weighted by Gasteiger charge is 2.26. The molecule has 2 aliphatic rings. The normalized spacial score (nSPS) is 24.1. The average molecular weight is 291 g/mol. The molecule has 2 fully saturated rings. The van der Waals surface area contributed by atoms with Gasteiger partial charge in [0.25, 0.3) is 0 Å². The van der Waals surface area contributed by atoms with E-state index < -0.39 is 5.97 Å². The zero-order chi connectivity index (χ0) is 13.0. The van der Waals surface area contributed by atoms with E-state index in [2.05, 4.69) is 5.32 Å². The molecule has 1 aliphatic heterocycles. The lowest BCUT2D eigenvalue weighted by Gasteiger charge is -2.30. The van der Waals surface area contributed by atoms with Crippen LogP contribution >= 0.6 is 12.4 Å². The Bertz CT molecular complexity index is 321. The Morgan fingerprint density at radius 2 is 1.95 bits per heavy atom. The third-order valence-corrected chi connectivity index (χ3v) is 4.03. The molecule has 0 aromatic heterocycles. The van der Waals surface area contributed by atoms with Crippen molar-refractivity contribution in [3.05, 3.63) is 0 Å². The minimum Gasteiger partial charge on any atom is -0.481 e. The molecular formula is C13H23ClN2O3. The molecule has 6 heteroatoms. The Labute approximate surface area is 120 Å². The van der Waals surface area contributed by atoms with Gasteiger partial charge in [-0.1, -0.05) is 6.42 Å². The van der Waals surface area contributed by atoms with Crippen LogP contribution in [-0.2, 0) is 9.59 Å². The van der Waals surface area contributed by atoms with Crippen LogP contribution in [0, 0.1) is 11.8 Å². The number of halogens is 1. The van der Waals surface area contributed by atoms with Crippen LogP contribution in [0.4, 0.5) is 0 Å². The molecule has 0 aromatic rings. The van der Waals surface area contributed by atoms with Crippen LogP contribution in [0.3, 0.4) is 0 Å². The Balaban J connectivity index is 0.00000180. The smallest absolute Gasteiger partial charge is 0.307 e. The summed E-state index contributed by atoms with van der Waals surface area (Å²) in [6.45, 7) is 2.47. The van der Waals surface area contributed by atoms with Crippen molar-refractivity contribution >= 4 is 24.3 Å². The summed E-state index contributed by atoms with van der Waals surface area (Å²) in [5.74, 6) is -0.345. The van der Waals surface area contributed by atoms with Gasteiger partial charge in [-0.3, -0.25) is 14.5 Å². The van der Waals surface area contributed by atoms with Crippen molar-refractivity contribution < 1.29 is 14.7 Å². The number of carboxylic acid groups (broad SMARTS) is 1. The van der Waals surface area contributed by atoms with E-state index in [9.17, 15) is 9.59 Å². The summed E-state index contributed by atoms with van der Waals surface area (Å²) < 4.78 is 0. The number of carbonyl (C=O) groups is 2. The van der Waals surface area contributed by atoms with Gasteiger partial charge in [-0.15, -0.1) is 12.4 Å². The summed E-state index contributed by atoms with van der Waals surface area (Å²) in [4.78, 5) is 24.6. The maximum atomic E-state index is 11.7. The largest absolute Gasteiger partial charge is 0.481 e. The number of amides is 1. The van der Waals surface area contributed by atoms with Gasteiger partial charge >= 0.3 is 5.97 Å². The second kappa shape index (κ2) is 7.70. The molecule has 110 valence electrons. The van der Waals surface area contributed by atoms with Crippen LogP contribution < -0.4 is 5.32 Å². The van der Waals surface area contributed by atoms with Crippen LogP contribution in [0.1, 0.15) is 32.1 Å². The first-order valence-corrected chi connectivity index (χ1v) is 6.87. The molecular weight excluding hydrogens is 268 g/mol. The summed E-state index contributed by atoms with van der Waals surface area (Å²) in [6, 6.07) is 0. The van der Waals surface area contributed by atoms with Gasteiger partial charge in [-0.25, -0.2) is 0 Å². The molecule has 1 saturated carbocycles. The Morgan fingerprint density at radius 1 is 1.21 bits per heavy atom. The second-order valence-electron chi connectivity index (χ2n) is 5.51. The Morgan fingerprint density at radius 3 is 2.53 bits per heavy atom. The van der Waals surface area contributed by atoms with E-state index in [1.165, 1.54) is 19.3 Å². The number of nitrogens with zero attached hydrogens (tertiary/aromatic N) is 1. The quantitative estimate of drug-likeness (QED) is 0.796. The SMILES string of the molecule is Cl.O=C(CN1CCCC(C(=O)O)C1)NCC1CCC1. The highest BCUT2D eigenvalue weighted by atomic mass is 35.5. The fourth-order valence-corrected chi connectivity index (χ4v) is 2.61. The standard InChI is InChI=1S/C13H22N2O3.ClH/c16-12(14-7-10-3-1-4-10)9-15-6-2-5-11(8-15)13(17)18;/h10-11H,1-9H2,(H,14,16)(H,17,18);1H. The number of hydrogen-bond donors (Lipinski definition) is 2. The Hall–Kier alpha value is -0.810. The zero-order valence-electron chi connectivity index (χ0n) is 11.1. The molecule has 0 radical (unpaired) electrons. The van der Waals surface area contributed by atoms with E-state index in [-0.39, 0.29) is 24.2 Å². The maximum absolute atomic E-state index is 11.7. The lowest BCUT2D eigenvalue weighted by molar-refractivity contribution is -0.144. The third-order valence-electron chi connectivity index (χ3n) is 4.03. The van der Waals surface area contributed by atoms with Crippen molar-refractivity contribution in [3.63, 3.8) is 0 Å². The molecule has 0 aromatic carbocycles. The number of carbonyl (C=O) groups excluding carboxylic acids is 1. The molecule has 0 bridgehead atoms. The maximum Gasteiger partial charge on any atom is 0.307 e. The summed E-state index contributed by atoms with van der Waals surface area (Å²) in [6.07, 6.45) is 5.34. The highest BCUT2D eigenvalue weighted by molar-refractivity contribution is 5.85. The molecule has 5 nitrogen and oxygen atoms in total. The van der Waals surface area contributed by atoms with Gasteiger partial charge in [0.05, 0.1) is 12.5 Å². The van der Waals surface area contributed by atoms with Gasteiger partial charge in [-0.2, -0.15) is 0 Å². The molecule has 1 heterocycles. The van der Waals surface area contributed by atoms with Gasteiger partial charge in [0.15, 0.2) is 0 Å². The van der Waals surface area contributed by atoms with Crippen LogP contribution in [-0.4, -0.2) is 48.1 Å². The lowest BCUT2D eigenvalue weighted by atomic mass is 9.85. The number of hydrogen-bond acceptors (Lipinski definition) is 3. The topological polar surface area (TPSA) is 69.6 Å². The molecule has 1 aliphatic carbocycles. The first-order valence-electron chi connectivity index (χ1n) is 6.87. The van der Waals surface area contributed by atoms with Gasteiger partial charge < -0.3 is 10.4 Å². The highest BCUT2D eigenvalue weighted by Crippen LogP contribution is 2.25. The third kappa shape index (κ3) is 4.99. The summed E-state index contributed by atoms with van der Waals surface area (Å²) >= 11 is 0. The first-order chi connectivity index (χ1) is 8.65. The fourth-order valence-electron chi connectivity index (χ4n) is 2.61. The predicted molar refractivity (Wildman–Crippen MR) is 74.4 cm³/mol. The number of piperidine rings is 1. The van der Waals surface area contributed by atoms with Crippen LogP contribution in [0.2, 0.25) is 0 Å². The van der Waals surface area contributed by atoms with Crippen molar-refractivity contribution in [2.45, 2.75) is 32.1 Å². The van der Waals surface area contributed by atoms with Crippen molar-refractivity contribution in [2.24, 2.45) is 11.8 Å². The number of likely N-dealkylation sites (tertiary alicyclic amines) is 1. The predicted octanol–water partition coefficient (Wildman–Crippen LogP) is 1.12. The number of rotatable bonds is 5. The van der Waals surface area contributed by atoms with E-state index in [1.807, 2.05) is 4.90 Å². The minimum atomic E-state index is -0.741. The molecule has 19 heavy (non-hydrogen) atoms. The second-order valence-corrected chi connectivity index (χ2v) is 5.51. The molecule has 2 N–H and O–H groups in total. The average Bonchev–Trinajstić information content (AvgIpc) is 2.27. The molecule has 1 unspecified atom stereocenters. The first kappa shape index (κ1) is 16.2.